The topological polar surface area (TPSA) is 79.5 Å². The average Bonchev–Trinajstić information content (AvgIpc) is 2.36. The van der Waals surface area contributed by atoms with Gasteiger partial charge in [0.15, 0.2) is 5.96 Å². The molecule has 0 saturated carbocycles. The van der Waals surface area contributed by atoms with E-state index in [9.17, 15) is 4.79 Å². The van der Waals surface area contributed by atoms with Crippen LogP contribution in [0.1, 0.15) is 32.3 Å². The van der Waals surface area contributed by atoms with Gasteiger partial charge in [0.2, 0.25) is 5.91 Å². The van der Waals surface area contributed by atoms with E-state index in [4.69, 9.17) is 5.73 Å². The highest BCUT2D eigenvalue weighted by molar-refractivity contribution is 5.88. The van der Waals surface area contributed by atoms with Crippen molar-refractivity contribution in [3.8, 4) is 0 Å². The van der Waals surface area contributed by atoms with Gasteiger partial charge >= 0.3 is 0 Å². The SMILES string of the molecule is CCCCNC(N)=NCc1cccc(NC(C)=O)c1. The minimum atomic E-state index is -0.0820. The van der Waals surface area contributed by atoms with Crippen molar-refractivity contribution in [1.29, 1.82) is 0 Å². The number of carbonyl (C=O) groups excluding carboxylic acids is 1. The largest absolute Gasteiger partial charge is 0.370 e. The number of nitrogens with two attached hydrogens (primary N) is 1. The number of hydrogen-bond acceptors (Lipinski definition) is 2. The van der Waals surface area contributed by atoms with Crippen molar-refractivity contribution < 1.29 is 4.79 Å². The van der Waals surface area contributed by atoms with Crippen LogP contribution in [0.25, 0.3) is 0 Å². The zero-order valence-electron chi connectivity index (χ0n) is 11.6. The van der Waals surface area contributed by atoms with Crippen LogP contribution in [0.5, 0.6) is 0 Å². The highest BCUT2D eigenvalue weighted by Crippen LogP contribution is 2.11. The maximum absolute atomic E-state index is 11.0. The van der Waals surface area contributed by atoms with E-state index in [-0.39, 0.29) is 5.91 Å². The van der Waals surface area contributed by atoms with Crippen molar-refractivity contribution in [2.24, 2.45) is 10.7 Å². The van der Waals surface area contributed by atoms with Gasteiger partial charge in [-0.1, -0.05) is 25.5 Å². The molecule has 1 aromatic rings. The summed E-state index contributed by atoms with van der Waals surface area (Å²) < 4.78 is 0. The van der Waals surface area contributed by atoms with Gasteiger partial charge in [-0.15, -0.1) is 0 Å². The summed E-state index contributed by atoms with van der Waals surface area (Å²) in [5.74, 6) is 0.375. The molecule has 104 valence electrons. The summed E-state index contributed by atoms with van der Waals surface area (Å²) in [6, 6.07) is 7.58. The first kappa shape index (κ1) is 15.0. The van der Waals surface area contributed by atoms with Crippen LogP contribution in [-0.4, -0.2) is 18.4 Å². The fraction of sp³-hybridized carbons (Fsp3) is 0.429. The Morgan fingerprint density at radius 2 is 2.21 bits per heavy atom. The third-order valence-corrected chi connectivity index (χ3v) is 2.52. The molecule has 1 rings (SSSR count). The molecule has 4 N–H and O–H groups in total. The van der Waals surface area contributed by atoms with E-state index in [0.717, 1.165) is 30.6 Å². The summed E-state index contributed by atoms with van der Waals surface area (Å²) in [5.41, 5.74) is 7.53. The van der Waals surface area contributed by atoms with E-state index in [2.05, 4.69) is 22.5 Å². The quantitative estimate of drug-likeness (QED) is 0.416. The minimum absolute atomic E-state index is 0.0820. The smallest absolute Gasteiger partial charge is 0.221 e. The lowest BCUT2D eigenvalue weighted by atomic mass is 10.2. The number of aliphatic imine (C=N–C) groups is 1. The molecule has 0 aliphatic rings. The second-order valence-electron chi connectivity index (χ2n) is 4.36. The first-order valence-corrected chi connectivity index (χ1v) is 6.52. The van der Waals surface area contributed by atoms with Gasteiger partial charge in [-0.2, -0.15) is 0 Å². The molecule has 0 unspecified atom stereocenters. The minimum Gasteiger partial charge on any atom is -0.370 e. The molecular formula is C14H22N4O. The molecule has 5 nitrogen and oxygen atoms in total. The second-order valence-corrected chi connectivity index (χ2v) is 4.36. The van der Waals surface area contributed by atoms with Gasteiger partial charge in [-0.3, -0.25) is 4.79 Å². The number of nitrogens with one attached hydrogen (secondary N) is 2. The molecule has 5 heteroatoms. The van der Waals surface area contributed by atoms with E-state index in [0.29, 0.717) is 12.5 Å². The van der Waals surface area contributed by atoms with Gasteiger partial charge in [0.25, 0.3) is 0 Å². The molecule has 0 bridgehead atoms. The van der Waals surface area contributed by atoms with Gasteiger partial charge in [0, 0.05) is 19.2 Å². The molecule has 19 heavy (non-hydrogen) atoms. The Labute approximate surface area is 114 Å². The summed E-state index contributed by atoms with van der Waals surface area (Å²) in [4.78, 5) is 15.2. The lowest BCUT2D eigenvalue weighted by Crippen LogP contribution is -2.32. The normalized spacial score (nSPS) is 11.2. The molecule has 0 saturated heterocycles. The van der Waals surface area contributed by atoms with Crippen LogP contribution in [-0.2, 0) is 11.3 Å². The number of rotatable bonds is 6. The Morgan fingerprint density at radius 1 is 1.42 bits per heavy atom. The van der Waals surface area contributed by atoms with Gasteiger partial charge < -0.3 is 16.4 Å². The van der Waals surface area contributed by atoms with E-state index in [1.165, 1.54) is 6.92 Å². The van der Waals surface area contributed by atoms with Gasteiger partial charge in [0.05, 0.1) is 6.54 Å². The van der Waals surface area contributed by atoms with Crippen molar-refractivity contribution in [1.82, 2.24) is 5.32 Å². The Bertz CT molecular complexity index is 443. The number of nitrogens with zero attached hydrogens (tertiary/aromatic N) is 1. The lowest BCUT2D eigenvalue weighted by Gasteiger charge is -2.06. The third kappa shape index (κ3) is 6.45. The van der Waals surface area contributed by atoms with Crippen LogP contribution in [0.15, 0.2) is 29.3 Å². The monoisotopic (exact) mass is 262 g/mol. The van der Waals surface area contributed by atoms with Crippen molar-refractivity contribution in [3.05, 3.63) is 29.8 Å². The van der Waals surface area contributed by atoms with E-state index >= 15 is 0 Å². The van der Waals surface area contributed by atoms with Crippen LogP contribution < -0.4 is 16.4 Å². The predicted octanol–water partition coefficient (Wildman–Crippen LogP) is 1.85. The Balaban J connectivity index is 2.52. The number of benzene rings is 1. The molecule has 0 fully saturated rings. The molecule has 0 radical (unpaired) electrons. The summed E-state index contributed by atoms with van der Waals surface area (Å²) in [6.07, 6.45) is 2.20. The number of amides is 1. The molecule has 0 heterocycles. The third-order valence-electron chi connectivity index (χ3n) is 2.52. The van der Waals surface area contributed by atoms with Crippen LogP contribution in [0, 0.1) is 0 Å². The highest BCUT2D eigenvalue weighted by Gasteiger charge is 1.98. The van der Waals surface area contributed by atoms with Gasteiger partial charge in [-0.25, -0.2) is 4.99 Å². The highest BCUT2D eigenvalue weighted by atomic mass is 16.1. The van der Waals surface area contributed by atoms with E-state index < -0.39 is 0 Å². The predicted molar refractivity (Wildman–Crippen MR) is 79.0 cm³/mol. The molecular weight excluding hydrogens is 240 g/mol. The van der Waals surface area contributed by atoms with Crippen molar-refractivity contribution in [2.45, 2.75) is 33.2 Å². The summed E-state index contributed by atoms with van der Waals surface area (Å²) >= 11 is 0. The molecule has 0 aliphatic carbocycles. The molecule has 0 aromatic heterocycles. The maximum Gasteiger partial charge on any atom is 0.221 e. The summed E-state index contributed by atoms with van der Waals surface area (Å²) in [6.45, 7) is 4.96. The van der Waals surface area contributed by atoms with Gasteiger partial charge in [0.1, 0.15) is 0 Å². The number of guanidine groups is 1. The van der Waals surface area contributed by atoms with Crippen molar-refractivity contribution in [2.75, 3.05) is 11.9 Å². The number of carbonyl (C=O) groups is 1. The lowest BCUT2D eigenvalue weighted by molar-refractivity contribution is -0.114. The summed E-state index contributed by atoms with van der Waals surface area (Å²) in [7, 11) is 0. The molecule has 0 aliphatic heterocycles. The number of unbranched alkanes of at least 4 members (excludes halogenated alkanes) is 1. The fourth-order valence-electron chi connectivity index (χ4n) is 1.58. The zero-order valence-corrected chi connectivity index (χ0v) is 11.6. The van der Waals surface area contributed by atoms with Crippen LogP contribution in [0.4, 0.5) is 5.69 Å². The molecule has 0 atom stereocenters. The first-order chi connectivity index (χ1) is 9.11. The Kier molecular flexibility index (Phi) is 6.43. The molecule has 1 aromatic carbocycles. The van der Waals surface area contributed by atoms with Crippen molar-refractivity contribution in [3.63, 3.8) is 0 Å². The first-order valence-electron chi connectivity index (χ1n) is 6.52. The second kappa shape index (κ2) is 8.13. The van der Waals surface area contributed by atoms with Crippen LogP contribution in [0.2, 0.25) is 0 Å². The van der Waals surface area contributed by atoms with E-state index in [1.807, 2.05) is 24.3 Å². The summed E-state index contributed by atoms with van der Waals surface area (Å²) in [5, 5.41) is 5.80. The van der Waals surface area contributed by atoms with Gasteiger partial charge in [-0.05, 0) is 24.1 Å². The zero-order chi connectivity index (χ0) is 14.1. The standard InChI is InChI=1S/C14H22N4O/c1-3-4-8-16-14(15)17-10-12-6-5-7-13(9-12)18-11(2)19/h5-7,9H,3-4,8,10H2,1-2H3,(H,18,19)(H3,15,16,17). The van der Waals surface area contributed by atoms with Crippen LogP contribution >= 0.6 is 0 Å². The maximum atomic E-state index is 11.0. The van der Waals surface area contributed by atoms with Crippen molar-refractivity contribution >= 4 is 17.6 Å². The Morgan fingerprint density at radius 3 is 2.89 bits per heavy atom. The average molecular weight is 262 g/mol. The van der Waals surface area contributed by atoms with E-state index in [1.54, 1.807) is 0 Å². The molecule has 0 spiro atoms. The van der Waals surface area contributed by atoms with Crippen LogP contribution in [0.3, 0.4) is 0 Å². The Hall–Kier alpha value is -2.04. The molecule has 1 amide bonds. The fourth-order valence-corrected chi connectivity index (χ4v) is 1.58. The number of anilines is 1. The number of hydrogen-bond donors (Lipinski definition) is 3.